The summed E-state index contributed by atoms with van der Waals surface area (Å²) in [6, 6.07) is 7.81. The highest BCUT2D eigenvalue weighted by Crippen LogP contribution is 2.24. The van der Waals surface area contributed by atoms with Crippen LogP contribution in [0.4, 0.5) is 5.13 Å². The van der Waals surface area contributed by atoms with Gasteiger partial charge in [-0.1, -0.05) is 18.5 Å². The van der Waals surface area contributed by atoms with Crippen LogP contribution in [0.1, 0.15) is 19.2 Å². The SMILES string of the molecule is CCCNc1nc(CSc2ccc(Cl)cc2)ns1. The maximum atomic E-state index is 5.84. The highest BCUT2D eigenvalue weighted by atomic mass is 35.5. The fourth-order valence-corrected chi connectivity index (χ4v) is 2.87. The molecule has 0 aliphatic carbocycles. The van der Waals surface area contributed by atoms with Crippen LogP contribution in [-0.2, 0) is 5.75 Å². The molecule has 0 saturated carbocycles. The van der Waals surface area contributed by atoms with E-state index >= 15 is 0 Å². The zero-order chi connectivity index (χ0) is 12.8. The number of rotatable bonds is 6. The highest BCUT2D eigenvalue weighted by Gasteiger charge is 2.04. The van der Waals surface area contributed by atoms with Gasteiger partial charge in [0.05, 0.1) is 5.75 Å². The maximum Gasteiger partial charge on any atom is 0.202 e. The Morgan fingerprint density at radius 2 is 2.11 bits per heavy atom. The monoisotopic (exact) mass is 299 g/mol. The van der Waals surface area contributed by atoms with Crippen LogP contribution in [-0.4, -0.2) is 15.9 Å². The Hall–Kier alpha value is -0.780. The van der Waals surface area contributed by atoms with Crippen molar-refractivity contribution in [2.75, 3.05) is 11.9 Å². The van der Waals surface area contributed by atoms with Crippen molar-refractivity contribution in [1.82, 2.24) is 9.36 Å². The van der Waals surface area contributed by atoms with E-state index in [2.05, 4.69) is 21.6 Å². The van der Waals surface area contributed by atoms with Gasteiger partial charge < -0.3 is 5.32 Å². The van der Waals surface area contributed by atoms with Crippen molar-refractivity contribution in [3.05, 3.63) is 35.1 Å². The molecule has 3 nitrogen and oxygen atoms in total. The van der Waals surface area contributed by atoms with Gasteiger partial charge in [-0.15, -0.1) is 11.8 Å². The maximum absolute atomic E-state index is 5.84. The summed E-state index contributed by atoms with van der Waals surface area (Å²) in [4.78, 5) is 5.61. The second kappa shape index (κ2) is 6.97. The quantitative estimate of drug-likeness (QED) is 0.807. The van der Waals surface area contributed by atoms with Crippen molar-refractivity contribution >= 4 is 40.0 Å². The van der Waals surface area contributed by atoms with Gasteiger partial charge in [0.15, 0.2) is 5.82 Å². The minimum atomic E-state index is 0.761. The molecule has 1 heterocycles. The number of halogens is 1. The molecule has 0 amide bonds. The predicted octanol–water partition coefficient (Wildman–Crippen LogP) is 4.31. The standard InChI is InChI=1S/C12H14ClN3S2/c1-2-7-14-12-15-11(16-18-12)8-17-10-5-3-9(13)4-6-10/h3-6H,2,7-8H2,1H3,(H,14,15,16). The van der Waals surface area contributed by atoms with Gasteiger partial charge in [0.1, 0.15) is 0 Å². The lowest BCUT2D eigenvalue weighted by atomic mass is 10.4. The van der Waals surface area contributed by atoms with Crippen LogP contribution >= 0.6 is 34.9 Å². The lowest BCUT2D eigenvalue weighted by molar-refractivity contribution is 0.972. The molecule has 2 rings (SSSR count). The number of nitrogens with zero attached hydrogens (tertiary/aromatic N) is 2. The summed E-state index contributed by atoms with van der Waals surface area (Å²) in [6.07, 6.45) is 1.09. The number of hydrogen-bond acceptors (Lipinski definition) is 5. The zero-order valence-electron chi connectivity index (χ0n) is 10.0. The summed E-state index contributed by atoms with van der Waals surface area (Å²) in [5.74, 6) is 1.66. The summed E-state index contributed by atoms with van der Waals surface area (Å²) in [6.45, 7) is 3.07. The minimum Gasteiger partial charge on any atom is -0.360 e. The minimum absolute atomic E-state index is 0.761. The molecule has 0 aliphatic heterocycles. The van der Waals surface area contributed by atoms with Gasteiger partial charge in [-0.2, -0.15) is 4.37 Å². The van der Waals surface area contributed by atoms with E-state index in [-0.39, 0.29) is 0 Å². The van der Waals surface area contributed by atoms with E-state index < -0.39 is 0 Å². The van der Waals surface area contributed by atoms with E-state index in [1.807, 2.05) is 24.3 Å². The average Bonchev–Trinajstić information content (AvgIpc) is 2.84. The van der Waals surface area contributed by atoms with Gasteiger partial charge in [-0.25, -0.2) is 4.98 Å². The summed E-state index contributed by atoms with van der Waals surface area (Å²) in [5.41, 5.74) is 0. The Kier molecular flexibility index (Phi) is 5.28. The van der Waals surface area contributed by atoms with Gasteiger partial charge >= 0.3 is 0 Å². The van der Waals surface area contributed by atoms with Gasteiger partial charge in [-0.05, 0) is 30.7 Å². The van der Waals surface area contributed by atoms with Crippen LogP contribution in [0, 0.1) is 0 Å². The number of anilines is 1. The number of benzene rings is 1. The topological polar surface area (TPSA) is 37.8 Å². The van der Waals surface area contributed by atoms with E-state index in [1.165, 1.54) is 16.4 Å². The molecule has 1 N–H and O–H groups in total. The zero-order valence-corrected chi connectivity index (χ0v) is 12.4. The van der Waals surface area contributed by atoms with Gasteiger partial charge in [0, 0.05) is 28.0 Å². The number of nitrogens with one attached hydrogen (secondary N) is 1. The number of thioether (sulfide) groups is 1. The Balaban J connectivity index is 1.86. The molecule has 0 radical (unpaired) electrons. The molecule has 0 bridgehead atoms. The summed E-state index contributed by atoms with van der Waals surface area (Å²) < 4.78 is 4.32. The molecule has 96 valence electrons. The van der Waals surface area contributed by atoms with Crippen molar-refractivity contribution in [2.45, 2.75) is 24.0 Å². The molecule has 2 aromatic rings. The van der Waals surface area contributed by atoms with Crippen molar-refractivity contribution in [3.63, 3.8) is 0 Å². The van der Waals surface area contributed by atoms with Crippen LogP contribution in [0.3, 0.4) is 0 Å². The molecule has 0 spiro atoms. The number of aromatic nitrogens is 2. The fourth-order valence-electron chi connectivity index (χ4n) is 1.30. The second-order valence-electron chi connectivity index (χ2n) is 3.69. The van der Waals surface area contributed by atoms with Crippen LogP contribution in [0.15, 0.2) is 29.2 Å². The molecular formula is C12H14ClN3S2. The van der Waals surface area contributed by atoms with E-state index in [0.29, 0.717) is 0 Å². The van der Waals surface area contributed by atoms with Crippen LogP contribution < -0.4 is 5.32 Å². The number of hydrogen-bond donors (Lipinski definition) is 1. The summed E-state index contributed by atoms with van der Waals surface area (Å²) in [7, 11) is 0. The fraction of sp³-hybridized carbons (Fsp3) is 0.333. The lowest BCUT2D eigenvalue weighted by Gasteiger charge is -1.99. The first-order valence-corrected chi connectivity index (χ1v) is 7.86. The van der Waals surface area contributed by atoms with E-state index in [1.54, 1.807) is 11.8 Å². The molecule has 1 aromatic heterocycles. The van der Waals surface area contributed by atoms with Gasteiger partial charge in [0.25, 0.3) is 0 Å². The third-order valence-corrected chi connectivity index (χ3v) is 4.15. The van der Waals surface area contributed by atoms with Gasteiger partial charge in [-0.3, -0.25) is 0 Å². The molecule has 0 aliphatic rings. The van der Waals surface area contributed by atoms with Crippen molar-refractivity contribution in [1.29, 1.82) is 0 Å². The lowest BCUT2D eigenvalue weighted by Crippen LogP contribution is -1.98. The van der Waals surface area contributed by atoms with E-state index in [9.17, 15) is 0 Å². The largest absolute Gasteiger partial charge is 0.360 e. The Morgan fingerprint density at radius 3 is 2.83 bits per heavy atom. The molecule has 6 heteroatoms. The average molecular weight is 300 g/mol. The molecule has 0 unspecified atom stereocenters. The normalized spacial score (nSPS) is 10.6. The van der Waals surface area contributed by atoms with Crippen LogP contribution in [0.5, 0.6) is 0 Å². The summed E-state index contributed by atoms with van der Waals surface area (Å²) >= 11 is 8.98. The Morgan fingerprint density at radius 1 is 1.33 bits per heavy atom. The van der Waals surface area contributed by atoms with E-state index in [0.717, 1.165) is 34.7 Å². The first kappa shape index (κ1) is 13.6. The molecule has 18 heavy (non-hydrogen) atoms. The first-order chi connectivity index (χ1) is 8.78. The Bertz CT molecular complexity index is 484. The molecule has 1 aromatic carbocycles. The third kappa shape index (κ3) is 4.15. The third-order valence-electron chi connectivity index (χ3n) is 2.18. The van der Waals surface area contributed by atoms with Crippen molar-refractivity contribution in [3.8, 4) is 0 Å². The molecule has 0 fully saturated rings. The molecule has 0 saturated heterocycles. The molecule has 0 atom stereocenters. The smallest absolute Gasteiger partial charge is 0.202 e. The first-order valence-electron chi connectivity index (χ1n) is 5.72. The second-order valence-corrected chi connectivity index (χ2v) is 5.92. The van der Waals surface area contributed by atoms with Crippen LogP contribution in [0.25, 0.3) is 0 Å². The van der Waals surface area contributed by atoms with Gasteiger partial charge in [0.2, 0.25) is 5.13 Å². The highest BCUT2D eigenvalue weighted by molar-refractivity contribution is 7.98. The predicted molar refractivity (Wildman–Crippen MR) is 79.7 cm³/mol. The van der Waals surface area contributed by atoms with E-state index in [4.69, 9.17) is 11.6 Å². The van der Waals surface area contributed by atoms with Crippen molar-refractivity contribution in [2.24, 2.45) is 0 Å². The van der Waals surface area contributed by atoms with Crippen LogP contribution in [0.2, 0.25) is 5.02 Å². The molecular weight excluding hydrogens is 286 g/mol. The Labute approximate surface area is 120 Å². The van der Waals surface area contributed by atoms with Crippen molar-refractivity contribution < 1.29 is 0 Å². The summed E-state index contributed by atoms with van der Waals surface area (Å²) in [5, 5.41) is 4.91.